The lowest BCUT2D eigenvalue weighted by molar-refractivity contribution is -0.116. The van der Waals surface area contributed by atoms with Crippen molar-refractivity contribution in [2.24, 2.45) is 0 Å². The van der Waals surface area contributed by atoms with Gasteiger partial charge in [-0.15, -0.1) is 0 Å². The molecular formula is C15H16N4O. The van der Waals surface area contributed by atoms with E-state index in [1.807, 2.05) is 19.1 Å². The van der Waals surface area contributed by atoms with Gasteiger partial charge in [-0.3, -0.25) is 14.8 Å². The Morgan fingerprint density at radius 3 is 3.00 bits per heavy atom. The smallest absolute Gasteiger partial charge is 0.224 e. The highest BCUT2D eigenvalue weighted by Gasteiger charge is 2.15. The van der Waals surface area contributed by atoms with Crippen molar-refractivity contribution >= 4 is 17.3 Å². The fourth-order valence-electron chi connectivity index (χ4n) is 2.33. The summed E-state index contributed by atoms with van der Waals surface area (Å²) in [5, 5.41) is 6.29. The third-order valence-corrected chi connectivity index (χ3v) is 3.41. The summed E-state index contributed by atoms with van der Waals surface area (Å²) < 4.78 is 0. The lowest BCUT2D eigenvalue weighted by Crippen LogP contribution is -2.19. The molecule has 102 valence electrons. The Bertz CT molecular complexity index is 627. The first-order valence-corrected chi connectivity index (χ1v) is 6.67. The number of aromatic nitrogens is 2. The Labute approximate surface area is 117 Å². The van der Waals surface area contributed by atoms with Crippen molar-refractivity contribution in [1.82, 2.24) is 9.97 Å². The molecule has 0 saturated heterocycles. The van der Waals surface area contributed by atoms with Gasteiger partial charge in [0.1, 0.15) is 0 Å². The molecule has 2 N–H and O–H groups in total. The minimum absolute atomic E-state index is 0.0833. The molecule has 1 atom stereocenters. The molecule has 1 aliphatic rings. The maximum absolute atomic E-state index is 11.3. The van der Waals surface area contributed by atoms with E-state index in [9.17, 15) is 4.79 Å². The van der Waals surface area contributed by atoms with Gasteiger partial charge in [-0.1, -0.05) is 0 Å². The van der Waals surface area contributed by atoms with Crippen molar-refractivity contribution in [2.45, 2.75) is 25.8 Å². The summed E-state index contributed by atoms with van der Waals surface area (Å²) in [5.74, 6) is 0.0890. The Morgan fingerprint density at radius 2 is 2.20 bits per heavy atom. The van der Waals surface area contributed by atoms with Crippen molar-refractivity contribution < 1.29 is 4.79 Å². The first-order chi connectivity index (χ1) is 9.72. The molecule has 0 bridgehead atoms. The molecule has 0 aliphatic carbocycles. The largest absolute Gasteiger partial charge is 0.377 e. The summed E-state index contributed by atoms with van der Waals surface area (Å²) in [6, 6.07) is 6.08. The zero-order valence-corrected chi connectivity index (χ0v) is 11.3. The molecule has 0 spiro atoms. The van der Waals surface area contributed by atoms with Crippen LogP contribution in [0.2, 0.25) is 0 Å². The van der Waals surface area contributed by atoms with Gasteiger partial charge >= 0.3 is 0 Å². The van der Waals surface area contributed by atoms with Crippen molar-refractivity contribution in [2.75, 3.05) is 10.6 Å². The van der Waals surface area contributed by atoms with Crippen LogP contribution in [0.5, 0.6) is 0 Å². The lowest BCUT2D eigenvalue weighted by Gasteiger charge is -2.20. The zero-order valence-electron chi connectivity index (χ0n) is 11.3. The second kappa shape index (κ2) is 5.28. The van der Waals surface area contributed by atoms with Crippen molar-refractivity contribution in [1.29, 1.82) is 0 Å². The number of carbonyl (C=O) groups excluding carboxylic acids is 1. The molecule has 5 nitrogen and oxygen atoms in total. The monoisotopic (exact) mass is 268 g/mol. The van der Waals surface area contributed by atoms with Gasteiger partial charge in [0.25, 0.3) is 0 Å². The van der Waals surface area contributed by atoms with Gasteiger partial charge in [-0.2, -0.15) is 0 Å². The Morgan fingerprint density at radius 1 is 1.30 bits per heavy atom. The van der Waals surface area contributed by atoms with E-state index in [2.05, 4.69) is 26.7 Å². The first-order valence-electron chi connectivity index (χ1n) is 6.67. The molecule has 0 radical (unpaired) electrons. The number of benzene rings is 1. The SMILES string of the molecule is CC(Nc1ccc2c(c1)CCC(=O)N2)c1cnccn1. The number of anilines is 2. The van der Waals surface area contributed by atoms with Gasteiger partial charge in [-0.05, 0) is 37.1 Å². The number of hydrogen-bond donors (Lipinski definition) is 2. The van der Waals surface area contributed by atoms with Crippen LogP contribution in [0.4, 0.5) is 11.4 Å². The summed E-state index contributed by atoms with van der Waals surface area (Å²) in [6.07, 6.45) is 6.45. The van der Waals surface area contributed by atoms with Crippen molar-refractivity contribution in [3.8, 4) is 0 Å². The molecule has 2 heterocycles. The molecule has 2 aromatic rings. The molecule has 3 rings (SSSR count). The van der Waals surface area contributed by atoms with Gasteiger partial charge in [0.15, 0.2) is 0 Å². The average Bonchev–Trinajstić information content (AvgIpc) is 2.48. The van der Waals surface area contributed by atoms with Crippen LogP contribution in [-0.2, 0) is 11.2 Å². The molecule has 1 amide bonds. The summed E-state index contributed by atoms with van der Waals surface area (Å²) in [7, 11) is 0. The molecule has 1 unspecified atom stereocenters. The molecule has 20 heavy (non-hydrogen) atoms. The molecule has 5 heteroatoms. The van der Waals surface area contributed by atoms with Gasteiger partial charge < -0.3 is 10.6 Å². The van der Waals surface area contributed by atoms with Gasteiger partial charge in [0, 0.05) is 30.2 Å². The molecule has 0 fully saturated rings. The van der Waals surface area contributed by atoms with Gasteiger partial charge in [0.2, 0.25) is 5.91 Å². The van der Waals surface area contributed by atoms with Gasteiger partial charge in [-0.25, -0.2) is 0 Å². The number of amides is 1. The number of nitrogens with one attached hydrogen (secondary N) is 2. The van der Waals surface area contributed by atoms with E-state index in [1.54, 1.807) is 18.6 Å². The summed E-state index contributed by atoms with van der Waals surface area (Å²) in [6.45, 7) is 2.05. The van der Waals surface area contributed by atoms with Crippen LogP contribution in [0.25, 0.3) is 0 Å². The fraction of sp³-hybridized carbons (Fsp3) is 0.267. The lowest BCUT2D eigenvalue weighted by atomic mass is 10.0. The second-order valence-corrected chi connectivity index (χ2v) is 4.92. The maximum atomic E-state index is 11.3. The standard InChI is InChI=1S/C15H16N4O/c1-10(14-9-16-6-7-17-14)18-12-3-4-13-11(8-12)2-5-15(20)19-13/h3-4,6-10,18H,2,5H2,1H3,(H,19,20). The predicted octanol–water partition coefficient (Wildman–Crippen LogP) is 2.53. The van der Waals surface area contributed by atoms with Crippen LogP contribution in [0, 0.1) is 0 Å². The fourth-order valence-corrected chi connectivity index (χ4v) is 2.33. The minimum Gasteiger partial charge on any atom is -0.377 e. The molecule has 1 aromatic carbocycles. The topological polar surface area (TPSA) is 66.9 Å². The van der Waals surface area contributed by atoms with E-state index >= 15 is 0 Å². The number of carbonyl (C=O) groups is 1. The third kappa shape index (κ3) is 2.61. The van der Waals surface area contributed by atoms with E-state index in [0.717, 1.165) is 23.5 Å². The zero-order chi connectivity index (χ0) is 13.9. The second-order valence-electron chi connectivity index (χ2n) is 4.92. The predicted molar refractivity (Wildman–Crippen MR) is 77.5 cm³/mol. The van der Waals surface area contributed by atoms with E-state index in [1.165, 1.54) is 5.56 Å². The summed E-state index contributed by atoms with van der Waals surface area (Å²) in [4.78, 5) is 19.7. The van der Waals surface area contributed by atoms with Gasteiger partial charge in [0.05, 0.1) is 17.9 Å². The highest BCUT2D eigenvalue weighted by atomic mass is 16.1. The Kier molecular flexibility index (Phi) is 3.33. The Balaban J connectivity index is 1.77. The number of hydrogen-bond acceptors (Lipinski definition) is 4. The normalized spacial score (nSPS) is 15.2. The van der Waals surface area contributed by atoms with Crippen LogP contribution in [0.1, 0.15) is 30.6 Å². The van der Waals surface area contributed by atoms with Crippen LogP contribution in [0.15, 0.2) is 36.8 Å². The van der Waals surface area contributed by atoms with Crippen molar-refractivity contribution in [3.63, 3.8) is 0 Å². The van der Waals surface area contributed by atoms with Crippen LogP contribution in [-0.4, -0.2) is 15.9 Å². The average molecular weight is 268 g/mol. The molecular weight excluding hydrogens is 252 g/mol. The Hall–Kier alpha value is -2.43. The molecule has 0 saturated carbocycles. The van der Waals surface area contributed by atoms with E-state index in [4.69, 9.17) is 0 Å². The minimum atomic E-state index is 0.0833. The molecule has 1 aliphatic heterocycles. The van der Waals surface area contributed by atoms with E-state index < -0.39 is 0 Å². The number of nitrogens with zero attached hydrogens (tertiary/aromatic N) is 2. The van der Waals surface area contributed by atoms with E-state index in [0.29, 0.717) is 6.42 Å². The van der Waals surface area contributed by atoms with Crippen molar-refractivity contribution in [3.05, 3.63) is 48.0 Å². The van der Waals surface area contributed by atoms with E-state index in [-0.39, 0.29) is 11.9 Å². The highest BCUT2D eigenvalue weighted by Crippen LogP contribution is 2.27. The summed E-state index contributed by atoms with van der Waals surface area (Å²) >= 11 is 0. The summed E-state index contributed by atoms with van der Waals surface area (Å²) in [5.41, 5.74) is 4.01. The third-order valence-electron chi connectivity index (χ3n) is 3.41. The maximum Gasteiger partial charge on any atom is 0.224 e. The number of fused-ring (bicyclic) bond motifs is 1. The quantitative estimate of drug-likeness (QED) is 0.897. The molecule has 1 aromatic heterocycles. The van der Waals surface area contributed by atoms with Crippen LogP contribution >= 0.6 is 0 Å². The first kappa shape index (κ1) is 12.6. The van der Waals surface area contributed by atoms with Crippen LogP contribution in [0.3, 0.4) is 0 Å². The number of aryl methyl sites for hydroxylation is 1. The van der Waals surface area contributed by atoms with Crippen LogP contribution < -0.4 is 10.6 Å². The number of rotatable bonds is 3. The highest BCUT2D eigenvalue weighted by molar-refractivity contribution is 5.94.